The minimum Gasteiger partial charge on any atom is -0.497 e. The van der Waals surface area contributed by atoms with Crippen LogP contribution in [-0.4, -0.2) is 19.5 Å². The van der Waals surface area contributed by atoms with E-state index in [9.17, 15) is 4.79 Å². The van der Waals surface area contributed by atoms with Gasteiger partial charge in [0.25, 0.3) is 0 Å². The van der Waals surface area contributed by atoms with Crippen LogP contribution in [0.4, 0.5) is 0 Å². The van der Waals surface area contributed by atoms with E-state index in [2.05, 4.69) is 0 Å². The van der Waals surface area contributed by atoms with Crippen LogP contribution in [-0.2, 0) is 11.2 Å². The van der Waals surface area contributed by atoms with E-state index in [0.29, 0.717) is 6.42 Å². The van der Waals surface area contributed by atoms with E-state index in [1.54, 1.807) is 7.11 Å². The van der Waals surface area contributed by atoms with Crippen molar-refractivity contribution in [3.8, 4) is 11.5 Å². The number of methoxy groups -OCH3 is 1. The third-order valence-corrected chi connectivity index (χ3v) is 2.05. The number of carbonyl (C=O) groups excluding carboxylic acids is 1. The SMILES string of the molecule is COc1ccc2c(c1)OCC(=O)C2. The lowest BCUT2D eigenvalue weighted by atomic mass is 10.1. The normalized spacial score (nSPS) is 14.7. The molecule has 0 unspecified atom stereocenters. The first kappa shape index (κ1) is 8.10. The fraction of sp³-hybridized carbons (Fsp3) is 0.300. The summed E-state index contributed by atoms with van der Waals surface area (Å²) in [4.78, 5) is 11.0. The first-order valence-electron chi connectivity index (χ1n) is 4.11. The van der Waals surface area contributed by atoms with Gasteiger partial charge in [-0.3, -0.25) is 4.79 Å². The Hall–Kier alpha value is -1.51. The van der Waals surface area contributed by atoms with Crippen LogP contribution >= 0.6 is 0 Å². The summed E-state index contributed by atoms with van der Waals surface area (Å²) < 4.78 is 10.3. The van der Waals surface area contributed by atoms with Crippen LogP contribution in [0.2, 0.25) is 0 Å². The van der Waals surface area contributed by atoms with Crippen LogP contribution in [0.3, 0.4) is 0 Å². The number of ketones is 1. The average Bonchev–Trinajstić information content (AvgIpc) is 2.17. The van der Waals surface area contributed by atoms with E-state index in [0.717, 1.165) is 17.1 Å². The van der Waals surface area contributed by atoms with Crippen LogP contribution in [0.25, 0.3) is 0 Å². The summed E-state index contributed by atoms with van der Waals surface area (Å²) >= 11 is 0. The van der Waals surface area contributed by atoms with Gasteiger partial charge in [-0.25, -0.2) is 0 Å². The number of fused-ring (bicyclic) bond motifs is 1. The highest BCUT2D eigenvalue weighted by atomic mass is 16.5. The lowest BCUT2D eigenvalue weighted by molar-refractivity contribution is -0.121. The maximum Gasteiger partial charge on any atom is 0.174 e. The first-order chi connectivity index (χ1) is 6.29. The molecule has 68 valence electrons. The molecule has 1 aliphatic heterocycles. The number of ether oxygens (including phenoxy) is 2. The van der Waals surface area contributed by atoms with Crippen molar-refractivity contribution in [1.29, 1.82) is 0 Å². The number of rotatable bonds is 1. The van der Waals surface area contributed by atoms with Gasteiger partial charge in [-0.05, 0) is 6.07 Å². The summed E-state index contributed by atoms with van der Waals surface area (Å²) in [7, 11) is 1.61. The fourth-order valence-electron chi connectivity index (χ4n) is 1.36. The van der Waals surface area contributed by atoms with Gasteiger partial charge in [0.05, 0.1) is 7.11 Å². The molecule has 2 rings (SSSR count). The molecule has 3 heteroatoms. The molecule has 0 saturated heterocycles. The topological polar surface area (TPSA) is 35.5 Å². The molecule has 0 bridgehead atoms. The zero-order chi connectivity index (χ0) is 9.26. The zero-order valence-corrected chi connectivity index (χ0v) is 7.37. The summed E-state index contributed by atoms with van der Waals surface area (Å²) in [6.45, 7) is 0.181. The molecule has 0 aromatic heterocycles. The van der Waals surface area contributed by atoms with Crippen molar-refractivity contribution in [1.82, 2.24) is 0 Å². The Balaban J connectivity index is 2.36. The predicted octanol–water partition coefficient (Wildman–Crippen LogP) is 1.20. The second kappa shape index (κ2) is 3.09. The smallest absolute Gasteiger partial charge is 0.174 e. The van der Waals surface area contributed by atoms with E-state index < -0.39 is 0 Å². The van der Waals surface area contributed by atoms with Gasteiger partial charge in [-0.2, -0.15) is 0 Å². The van der Waals surface area contributed by atoms with Crippen molar-refractivity contribution in [2.45, 2.75) is 6.42 Å². The molecule has 0 radical (unpaired) electrons. The molecule has 0 aliphatic carbocycles. The van der Waals surface area contributed by atoms with Crippen molar-refractivity contribution in [3.05, 3.63) is 23.8 Å². The Morgan fingerprint density at radius 1 is 1.46 bits per heavy atom. The van der Waals surface area contributed by atoms with E-state index in [1.165, 1.54) is 0 Å². The third-order valence-electron chi connectivity index (χ3n) is 2.05. The van der Waals surface area contributed by atoms with Crippen molar-refractivity contribution < 1.29 is 14.3 Å². The van der Waals surface area contributed by atoms with E-state index in [1.807, 2.05) is 18.2 Å². The zero-order valence-electron chi connectivity index (χ0n) is 7.37. The molecule has 0 fully saturated rings. The number of hydrogen-bond donors (Lipinski definition) is 0. The minimum atomic E-state index is 0.123. The molecule has 1 aromatic carbocycles. The molecular weight excluding hydrogens is 168 g/mol. The van der Waals surface area contributed by atoms with Crippen LogP contribution in [0.15, 0.2) is 18.2 Å². The summed E-state index contributed by atoms with van der Waals surface area (Å²) in [5.41, 5.74) is 0.942. The Labute approximate surface area is 76.3 Å². The molecule has 0 spiro atoms. The molecular formula is C10H10O3. The maximum absolute atomic E-state index is 11.0. The lowest BCUT2D eigenvalue weighted by Gasteiger charge is -2.16. The Morgan fingerprint density at radius 3 is 3.08 bits per heavy atom. The van der Waals surface area contributed by atoms with E-state index in [-0.39, 0.29) is 12.4 Å². The molecule has 0 atom stereocenters. The van der Waals surface area contributed by atoms with Crippen LogP contribution in [0.1, 0.15) is 5.56 Å². The third kappa shape index (κ3) is 1.49. The molecule has 0 N–H and O–H groups in total. The van der Waals surface area contributed by atoms with Gasteiger partial charge in [0.1, 0.15) is 18.1 Å². The molecule has 1 aromatic rings. The van der Waals surface area contributed by atoms with E-state index >= 15 is 0 Å². The van der Waals surface area contributed by atoms with Gasteiger partial charge >= 0.3 is 0 Å². The predicted molar refractivity (Wildman–Crippen MR) is 47.2 cm³/mol. The number of carbonyl (C=O) groups is 1. The molecule has 13 heavy (non-hydrogen) atoms. The van der Waals surface area contributed by atoms with Gasteiger partial charge in [0, 0.05) is 18.1 Å². The molecule has 0 saturated carbocycles. The van der Waals surface area contributed by atoms with Crippen molar-refractivity contribution in [2.24, 2.45) is 0 Å². The Morgan fingerprint density at radius 2 is 2.31 bits per heavy atom. The largest absolute Gasteiger partial charge is 0.497 e. The van der Waals surface area contributed by atoms with Crippen LogP contribution < -0.4 is 9.47 Å². The second-order valence-corrected chi connectivity index (χ2v) is 2.98. The highest BCUT2D eigenvalue weighted by Crippen LogP contribution is 2.27. The molecule has 1 aliphatic rings. The molecule has 1 heterocycles. The first-order valence-corrected chi connectivity index (χ1v) is 4.11. The summed E-state index contributed by atoms with van der Waals surface area (Å²) in [6.07, 6.45) is 0.472. The second-order valence-electron chi connectivity index (χ2n) is 2.98. The van der Waals surface area contributed by atoms with Crippen molar-refractivity contribution in [3.63, 3.8) is 0 Å². The summed E-state index contributed by atoms with van der Waals surface area (Å²) in [6, 6.07) is 5.51. The van der Waals surface area contributed by atoms with E-state index in [4.69, 9.17) is 9.47 Å². The van der Waals surface area contributed by atoms with Gasteiger partial charge in [-0.15, -0.1) is 0 Å². The highest BCUT2D eigenvalue weighted by Gasteiger charge is 2.16. The van der Waals surface area contributed by atoms with Crippen molar-refractivity contribution in [2.75, 3.05) is 13.7 Å². The quantitative estimate of drug-likeness (QED) is 0.648. The Kier molecular flexibility index (Phi) is 1.93. The average molecular weight is 178 g/mol. The van der Waals surface area contributed by atoms with Crippen LogP contribution in [0, 0.1) is 0 Å². The van der Waals surface area contributed by atoms with Gasteiger partial charge < -0.3 is 9.47 Å². The highest BCUT2D eigenvalue weighted by molar-refractivity contribution is 5.84. The number of Topliss-reactive ketones (excluding diaryl/α,β-unsaturated/α-hetero) is 1. The number of hydrogen-bond acceptors (Lipinski definition) is 3. The summed E-state index contributed by atoms with van der Waals surface area (Å²) in [5.74, 6) is 1.64. The summed E-state index contributed by atoms with van der Waals surface area (Å²) in [5, 5.41) is 0. The van der Waals surface area contributed by atoms with Gasteiger partial charge in [0.2, 0.25) is 0 Å². The lowest BCUT2D eigenvalue weighted by Crippen LogP contribution is -2.19. The fourth-order valence-corrected chi connectivity index (χ4v) is 1.36. The molecule has 0 amide bonds. The molecule has 3 nitrogen and oxygen atoms in total. The van der Waals surface area contributed by atoms with Crippen molar-refractivity contribution >= 4 is 5.78 Å². The Bertz CT molecular complexity index is 344. The monoisotopic (exact) mass is 178 g/mol. The maximum atomic E-state index is 11.0. The minimum absolute atomic E-state index is 0.123. The van der Waals surface area contributed by atoms with Crippen LogP contribution in [0.5, 0.6) is 11.5 Å². The van der Waals surface area contributed by atoms with Gasteiger partial charge in [-0.1, -0.05) is 6.07 Å². The standard InChI is InChI=1S/C10H10O3/c1-12-9-3-2-7-4-8(11)6-13-10(7)5-9/h2-3,5H,4,6H2,1H3. The number of benzene rings is 1. The van der Waals surface area contributed by atoms with Gasteiger partial charge in [0.15, 0.2) is 5.78 Å².